The number of carbonyl (C=O) groups is 1. The van der Waals surface area contributed by atoms with Crippen LogP contribution in [0.4, 0.5) is 11.4 Å². The van der Waals surface area contributed by atoms with Gasteiger partial charge in [-0.1, -0.05) is 24.4 Å². The predicted molar refractivity (Wildman–Crippen MR) is 88.4 cm³/mol. The first kappa shape index (κ1) is 15.5. The highest BCUT2D eigenvalue weighted by atomic mass is 35.5. The van der Waals surface area contributed by atoms with Crippen molar-refractivity contribution in [2.45, 2.75) is 32.1 Å². The van der Waals surface area contributed by atoms with Gasteiger partial charge in [-0.2, -0.15) is 11.8 Å². The van der Waals surface area contributed by atoms with E-state index in [-0.39, 0.29) is 5.91 Å². The molecule has 1 amide bonds. The van der Waals surface area contributed by atoms with Crippen molar-refractivity contribution < 1.29 is 4.79 Å². The highest BCUT2D eigenvalue weighted by Gasteiger charge is 2.14. The Balaban J connectivity index is 1.67. The maximum Gasteiger partial charge on any atom is 0.225 e. The molecule has 3 nitrogen and oxygen atoms in total. The molecule has 0 unspecified atom stereocenters. The number of benzene rings is 1. The highest BCUT2D eigenvalue weighted by molar-refractivity contribution is 7.99. The largest absolute Gasteiger partial charge is 0.397 e. The van der Waals surface area contributed by atoms with Gasteiger partial charge in [0.15, 0.2) is 0 Å². The summed E-state index contributed by atoms with van der Waals surface area (Å²) >= 11 is 7.70. The number of nitrogens with two attached hydrogens (primary N) is 1. The van der Waals surface area contributed by atoms with Crippen LogP contribution >= 0.6 is 23.4 Å². The van der Waals surface area contributed by atoms with Gasteiger partial charge in [-0.15, -0.1) is 0 Å². The number of carbonyl (C=O) groups excluding carboxylic acids is 1. The molecule has 0 bridgehead atoms. The molecule has 0 aliphatic heterocycles. The zero-order valence-corrected chi connectivity index (χ0v) is 13.1. The topological polar surface area (TPSA) is 55.1 Å². The molecular formula is C15H21ClN2OS. The van der Waals surface area contributed by atoms with E-state index in [1.165, 1.54) is 31.4 Å². The zero-order valence-electron chi connectivity index (χ0n) is 11.5. The molecule has 1 fully saturated rings. The van der Waals surface area contributed by atoms with Gasteiger partial charge in [0, 0.05) is 17.2 Å². The van der Waals surface area contributed by atoms with E-state index in [2.05, 4.69) is 5.32 Å². The number of amides is 1. The number of halogens is 1. The molecule has 1 aromatic rings. The van der Waals surface area contributed by atoms with Crippen molar-refractivity contribution in [2.75, 3.05) is 22.6 Å². The molecule has 0 spiro atoms. The molecule has 0 saturated heterocycles. The molecule has 0 heterocycles. The lowest BCUT2D eigenvalue weighted by atomic mass is 10.1. The summed E-state index contributed by atoms with van der Waals surface area (Å²) in [7, 11) is 0. The number of anilines is 2. The Hall–Kier alpha value is -0.870. The summed E-state index contributed by atoms with van der Waals surface area (Å²) in [5, 5.41) is 3.41. The lowest BCUT2D eigenvalue weighted by Gasteiger charge is -2.10. The highest BCUT2D eigenvalue weighted by Crippen LogP contribution is 2.28. The number of rotatable bonds is 6. The minimum Gasteiger partial charge on any atom is -0.397 e. The minimum absolute atomic E-state index is 0.0120. The Morgan fingerprint density at radius 3 is 2.85 bits per heavy atom. The van der Waals surface area contributed by atoms with Crippen molar-refractivity contribution in [2.24, 2.45) is 5.92 Å². The minimum atomic E-state index is 0.0120. The fourth-order valence-electron chi connectivity index (χ4n) is 2.45. The van der Waals surface area contributed by atoms with Crippen LogP contribution in [0.2, 0.25) is 5.02 Å². The van der Waals surface area contributed by atoms with E-state index in [4.69, 9.17) is 17.3 Å². The molecule has 1 aromatic carbocycles. The van der Waals surface area contributed by atoms with Gasteiger partial charge in [0.1, 0.15) is 0 Å². The normalized spacial score (nSPS) is 15.4. The van der Waals surface area contributed by atoms with Gasteiger partial charge in [0.25, 0.3) is 0 Å². The van der Waals surface area contributed by atoms with Crippen LogP contribution in [0.3, 0.4) is 0 Å². The second-order valence-corrected chi connectivity index (χ2v) is 6.84. The van der Waals surface area contributed by atoms with Crippen LogP contribution in [0.25, 0.3) is 0 Å². The fraction of sp³-hybridized carbons (Fsp3) is 0.533. The number of nitrogens with one attached hydrogen (secondary N) is 1. The van der Waals surface area contributed by atoms with Crippen molar-refractivity contribution in [3.05, 3.63) is 23.2 Å². The zero-order chi connectivity index (χ0) is 14.4. The Labute approximate surface area is 129 Å². The van der Waals surface area contributed by atoms with Crippen molar-refractivity contribution in [1.82, 2.24) is 0 Å². The molecule has 5 heteroatoms. The van der Waals surface area contributed by atoms with E-state index in [1.807, 2.05) is 11.8 Å². The van der Waals surface area contributed by atoms with E-state index in [9.17, 15) is 4.79 Å². The second-order valence-electron chi connectivity index (χ2n) is 5.26. The Morgan fingerprint density at radius 1 is 1.40 bits per heavy atom. The third kappa shape index (κ3) is 4.91. The third-order valence-corrected chi connectivity index (χ3v) is 5.02. The molecule has 0 aromatic heterocycles. The molecule has 0 radical (unpaired) electrons. The van der Waals surface area contributed by atoms with Crippen LogP contribution in [0.5, 0.6) is 0 Å². The molecule has 1 aliphatic carbocycles. The maximum absolute atomic E-state index is 11.8. The van der Waals surface area contributed by atoms with Crippen LogP contribution in [-0.4, -0.2) is 17.4 Å². The van der Waals surface area contributed by atoms with Crippen LogP contribution in [-0.2, 0) is 4.79 Å². The molecule has 3 N–H and O–H groups in total. The number of nitrogen functional groups attached to an aromatic ring is 1. The number of thioether (sulfide) groups is 1. The summed E-state index contributed by atoms with van der Waals surface area (Å²) in [5.41, 5.74) is 6.95. The summed E-state index contributed by atoms with van der Waals surface area (Å²) in [5.74, 6) is 2.94. The molecule has 1 saturated carbocycles. The lowest BCUT2D eigenvalue weighted by Crippen LogP contribution is -2.13. The molecule has 0 atom stereocenters. The summed E-state index contributed by atoms with van der Waals surface area (Å²) in [6.07, 6.45) is 6.00. The Kier molecular flexibility index (Phi) is 6.05. The van der Waals surface area contributed by atoms with Gasteiger partial charge in [0.2, 0.25) is 5.91 Å². The summed E-state index contributed by atoms with van der Waals surface area (Å²) in [4.78, 5) is 11.8. The van der Waals surface area contributed by atoms with E-state index in [0.29, 0.717) is 22.8 Å². The fourth-order valence-corrected chi connectivity index (χ4v) is 3.80. The van der Waals surface area contributed by atoms with Gasteiger partial charge in [-0.25, -0.2) is 0 Å². The first-order valence-corrected chi connectivity index (χ1v) is 8.61. The van der Waals surface area contributed by atoms with Crippen molar-refractivity contribution >= 4 is 40.6 Å². The summed E-state index contributed by atoms with van der Waals surface area (Å²) < 4.78 is 0. The molecule has 1 aliphatic rings. The summed E-state index contributed by atoms with van der Waals surface area (Å²) in [6, 6.07) is 5.11. The van der Waals surface area contributed by atoms with E-state index in [1.54, 1.807) is 18.2 Å². The smallest absolute Gasteiger partial charge is 0.225 e. The van der Waals surface area contributed by atoms with Gasteiger partial charge in [-0.05, 0) is 42.7 Å². The predicted octanol–water partition coefficient (Wildman–Crippen LogP) is 4.17. The van der Waals surface area contributed by atoms with Crippen molar-refractivity contribution in [3.63, 3.8) is 0 Å². The molecule has 20 heavy (non-hydrogen) atoms. The van der Waals surface area contributed by atoms with Gasteiger partial charge < -0.3 is 11.1 Å². The molecule has 110 valence electrons. The average Bonchev–Trinajstić information content (AvgIpc) is 2.91. The average molecular weight is 313 g/mol. The van der Waals surface area contributed by atoms with Crippen LogP contribution in [0.15, 0.2) is 18.2 Å². The van der Waals surface area contributed by atoms with Gasteiger partial charge in [-0.3, -0.25) is 4.79 Å². The number of hydrogen-bond donors (Lipinski definition) is 2. The van der Waals surface area contributed by atoms with Crippen LogP contribution in [0, 0.1) is 5.92 Å². The first-order chi connectivity index (χ1) is 9.65. The Morgan fingerprint density at radius 2 is 2.15 bits per heavy atom. The Bertz CT molecular complexity index is 461. The van der Waals surface area contributed by atoms with E-state index in [0.717, 1.165) is 11.7 Å². The lowest BCUT2D eigenvalue weighted by molar-refractivity contribution is -0.115. The van der Waals surface area contributed by atoms with Crippen LogP contribution < -0.4 is 11.1 Å². The second kappa shape index (κ2) is 7.79. The SMILES string of the molecule is Nc1cc(Cl)ccc1NC(=O)CCSCC1CCCC1. The first-order valence-electron chi connectivity index (χ1n) is 7.08. The third-order valence-electron chi connectivity index (χ3n) is 3.59. The van der Waals surface area contributed by atoms with Crippen molar-refractivity contribution in [1.29, 1.82) is 0 Å². The molecular weight excluding hydrogens is 292 g/mol. The van der Waals surface area contributed by atoms with E-state index >= 15 is 0 Å². The number of hydrogen-bond acceptors (Lipinski definition) is 3. The quantitative estimate of drug-likeness (QED) is 0.612. The summed E-state index contributed by atoms with van der Waals surface area (Å²) in [6.45, 7) is 0. The van der Waals surface area contributed by atoms with Gasteiger partial charge in [0.05, 0.1) is 11.4 Å². The molecule has 2 rings (SSSR count). The maximum atomic E-state index is 11.8. The van der Waals surface area contributed by atoms with Crippen molar-refractivity contribution in [3.8, 4) is 0 Å². The monoisotopic (exact) mass is 312 g/mol. The standard InChI is InChI=1S/C15H21ClN2OS/c16-12-5-6-14(13(17)9-12)18-15(19)7-8-20-10-11-3-1-2-4-11/h5-6,9,11H,1-4,7-8,10,17H2,(H,18,19). The van der Waals surface area contributed by atoms with E-state index < -0.39 is 0 Å². The van der Waals surface area contributed by atoms with Crippen LogP contribution in [0.1, 0.15) is 32.1 Å². The van der Waals surface area contributed by atoms with Gasteiger partial charge >= 0.3 is 0 Å².